The van der Waals surface area contributed by atoms with Crippen molar-refractivity contribution >= 4 is 38.9 Å². The highest BCUT2D eigenvalue weighted by molar-refractivity contribution is 6.10. The molecule has 0 saturated carbocycles. The molecule has 13 aromatic rings. The lowest BCUT2D eigenvalue weighted by atomic mass is 9.67. The van der Waals surface area contributed by atoms with Gasteiger partial charge >= 0.3 is 0 Å². The Morgan fingerprint density at radius 3 is 1.33 bits per heavy atom. The molecule has 1 aromatic heterocycles. The van der Waals surface area contributed by atoms with Gasteiger partial charge in [0.2, 0.25) is 0 Å². The Kier molecular flexibility index (Phi) is 10.8. The molecule has 0 amide bonds. The maximum absolute atomic E-state index is 2.48. The van der Waals surface area contributed by atoms with Gasteiger partial charge in [0.25, 0.3) is 0 Å². The van der Waals surface area contributed by atoms with Gasteiger partial charge in [-0.05, 0) is 127 Å². The van der Waals surface area contributed by atoms with Gasteiger partial charge in [0, 0.05) is 33.4 Å². The molecule has 1 aliphatic rings. The normalized spacial score (nSPS) is 12.4. The number of hydrogen-bond donors (Lipinski definition) is 0. The standard InChI is InChI=1S/C73H50N2/c1-5-19-51(20-6-1)53-37-42-60(43-38-53)74(61-44-39-54(40-45-61)52-21-7-2-8-22-52)70-31-17-14-27-63(70)56-35-33-55(34-36-56)57-41-47-67-66-29-15-18-32-71(66)75(72(67)49-57)62-46-48-65-64-28-13-16-30-68(64)73(69(65)50-62,58-23-9-3-10-24-58)59-25-11-4-12-26-59/h1-50H. The molecule has 2 heteroatoms. The van der Waals surface area contributed by atoms with E-state index in [1.807, 2.05) is 0 Å². The summed E-state index contributed by atoms with van der Waals surface area (Å²) < 4.78 is 2.48. The quantitative estimate of drug-likeness (QED) is 0.133. The Bertz CT molecular complexity index is 4060. The van der Waals surface area contributed by atoms with Crippen molar-refractivity contribution in [1.82, 2.24) is 4.57 Å². The van der Waals surface area contributed by atoms with Crippen LogP contribution in [0.1, 0.15) is 22.3 Å². The molecule has 1 aliphatic carbocycles. The van der Waals surface area contributed by atoms with Gasteiger partial charge in [-0.25, -0.2) is 0 Å². The molecule has 352 valence electrons. The lowest BCUT2D eigenvalue weighted by molar-refractivity contribution is 0.767. The molecule has 12 aromatic carbocycles. The first-order valence-corrected chi connectivity index (χ1v) is 25.9. The molecule has 0 saturated heterocycles. The first-order chi connectivity index (χ1) is 37.2. The Hall–Kier alpha value is -9.76. The predicted molar refractivity (Wildman–Crippen MR) is 315 cm³/mol. The third kappa shape index (κ3) is 7.41. The second-order valence-corrected chi connectivity index (χ2v) is 19.6. The zero-order valence-corrected chi connectivity index (χ0v) is 41.3. The number of fused-ring (bicyclic) bond motifs is 6. The molecular weight excluding hydrogens is 905 g/mol. The monoisotopic (exact) mass is 954 g/mol. The molecule has 0 N–H and O–H groups in total. The second-order valence-electron chi connectivity index (χ2n) is 19.6. The number of anilines is 3. The summed E-state index contributed by atoms with van der Waals surface area (Å²) in [4.78, 5) is 2.39. The van der Waals surface area contributed by atoms with Crippen LogP contribution in [0.25, 0.3) is 83.1 Å². The van der Waals surface area contributed by atoms with E-state index in [-0.39, 0.29) is 0 Å². The number of rotatable bonds is 10. The lowest BCUT2D eigenvalue weighted by Gasteiger charge is -2.34. The van der Waals surface area contributed by atoms with E-state index in [1.54, 1.807) is 0 Å². The van der Waals surface area contributed by atoms with E-state index in [0.717, 1.165) is 39.4 Å². The molecule has 0 unspecified atom stereocenters. The van der Waals surface area contributed by atoms with Gasteiger partial charge < -0.3 is 9.47 Å². The Morgan fingerprint density at radius 1 is 0.267 bits per heavy atom. The zero-order chi connectivity index (χ0) is 49.7. The molecule has 0 fully saturated rings. The Labute approximate surface area is 438 Å². The maximum Gasteiger partial charge on any atom is 0.0714 e. The topological polar surface area (TPSA) is 8.17 Å². The molecule has 0 aliphatic heterocycles. The molecule has 0 spiro atoms. The Balaban J connectivity index is 0.868. The van der Waals surface area contributed by atoms with Crippen LogP contribution in [0.4, 0.5) is 17.1 Å². The van der Waals surface area contributed by atoms with E-state index in [1.165, 1.54) is 83.0 Å². The van der Waals surface area contributed by atoms with Crippen LogP contribution in [0.5, 0.6) is 0 Å². The van der Waals surface area contributed by atoms with Crippen molar-refractivity contribution in [3.05, 3.63) is 326 Å². The number of aromatic nitrogens is 1. The fourth-order valence-corrected chi connectivity index (χ4v) is 12.0. The van der Waals surface area contributed by atoms with Gasteiger partial charge in [-0.2, -0.15) is 0 Å². The summed E-state index contributed by atoms with van der Waals surface area (Å²) >= 11 is 0. The highest BCUT2D eigenvalue weighted by Gasteiger charge is 2.46. The molecule has 75 heavy (non-hydrogen) atoms. The van der Waals surface area contributed by atoms with Crippen LogP contribution in [0.3, 0.4) is 0 Å². The van der Waals surface area contributed by atoms with Gasteiger partial charge in [-0.3, -0.25) is 0 Å². The number of para-hydroxylation sites is 2. The van der Waals surface area contributed by atoms with Gasteiger partial charge in [0.05, 0.1) is 22.1 Å². The highest BCUT2D eigenvalue weighted by atomic mass is 15.1. The number of hydrogen-bond acceptors (Lipinski definition) is 1. The average molecular weight is 955 g/mol. The average Bonchev–Trinajstić information content (AvgIpc) is 4.08. The Morgan fingerprint density at radius 2 is 0.707 bits per heavy atom. The van der Waals surface area contributed by atoms with Gasteiger partial charge in [0.15, 0.2) is 0 Å². The van der Waals surface area contributed by atoms with Crippen LogP contribution in [0, 0.1) is 0 Å². The molecule has 1 heterocycles. The largest absolute Gasteiger partial charge is 0.310 e. The van der Waals surface area contributed by atoms with Crippen molar-refractivity contribution < 1.29 is 0 Å². The second kappa shape index (κ2) is 18.4. The summed E-state index contributed by atoms with van der Waals surface area (Å²) in [7, 11) is 0. The SMILES string of the molecule is c1ccc(-c2ccc(N(c3ccc(-c4ccccc4)cc3)c3ccccc3-c3ccc(-c4ccc5c6ccccc6n(-c6ccc7c(c6)C(c6ccccc6)(c6ccccc6)c6ccccc6-7)c5c4)cc3)cc2)cc1. The third-order valence-electron chi connectivity index (χ3n) is 15.5. The van der Waals surface area contributed by atoms with E-state index in [9.17, 15) is 0 Å². The van der Waals surface area contributed by atoms with E-state index in [2.05, 4.69) is 313 Å². The van der Waals surface area contributed by atoms with Crippen molar-refractivity contribution in [2.24, 2.45) is 0 Å². The summed E-state index contributed by atoms with van der Waals surface area (Å²) in [5, 5.41) is 2.47. The molecule has 14 rings (SSSR count). The smallest absolute Gasteiger partial charge is 0.0714 e. The summed E-state index contributed by atoms with van der Waals surface area (Å²) in [6.07, 6.45) is 0. The fourth-order valence-electron chi connectivity index (χ4n) is 12.0. The number of nitrogens with zero attached hydrogens (tertiary/aromatic N) is 2. The molecule has 0 atom stereocenters. The van der Waals surface area contributed by atoms with Crippen LogP contribution >= 0.6 is 0 Å². The van der Waals surface area contributed by atoms with Gasteiger partial charge in [-0.15, -0.1) is 0 Å². The van der Waals surface area contributed by atoms with Crippen LogP contribution < -0.4 is 4.90 Å². The molecule has 2 nitrogen and oxygen atoms in total. The molecular formula is C73H50N2. The van der Waals surface area contributed by atoms with Crippen molar-refractivity contribution in [2.45, 2.75) is 5.41 Å². The van der Waals surface area contributed by atoms with Crippen molar-refractivity contribution in [3.63, 3.8) is 0 Å². The minimum absolute atomic E-state index is 0.494. The lowest BCUT2D eigenvalue weighted by Crippen LogP contribution is -2.28. The van der Waals surface area contributed by atoms with Crippen LogP contribution in [-0.2, 0) is 5.41 Å². The van der Waals surface area contributed by atoms with Crippen molar-refractivity contribution in [1.29, 1.82) is 0 Å². The highest BCUT2D eigenvalue weighted by Crippen LogP contribution is 2.57. The van der Waals surface area contributed by atoms with Crippen LogP contribution in [-0.4, -0.2) is 4.57 Å². The summed E-state index contributed by atoms with van der Waals surface area (Å²) in [5.41, 5.74) is 23.4. The van der Waals surface area contributed by atoms with E-state index in [4.69, 9.17) is 0 Å². The minimum Gasteiger partial charge on any atom is -0.310 e. The summed E-state index contributed by atoms with van der Waals surface area (Å²) in [6, 6.07) is 111. The molecule has 0 bridgehead atoms. The van der Waals surface area contributed by atoms with Crippen LogP contribution in [0.2, 0.25) is 0 Å². The predicted octanol–water partition coefficient (Wildman–Crippen LogP) is 19.3. The fraction of sp³-hybridized carbons (Fsp3) is 0.0137. The first-order valence-electron chi connectivity index (χ1n) is 25.9. The first kappa shape index (κ1) is 44.0. The van der Waals surface area contributed by atoms with Gasteiger partial charge in [-0.1, -0.05) is 249 Å². The maximum atomic E-state index is 2.48. The third-order valence-corrected chi connectivity index (χ3v) is 15.5. The minimum atomic E-state index is -0.494. The zero-order valence-electron chi connectivity index (χ0n) is 41.3. The summed E-state index contributed by atoms with van der Waals surface area (Å²) in [6.45, 7) is 0. The van der Waals surface area contributed by atoms with E-state index < -0.39 is 5.41 Å². The molecule has 0 radical (unpaired) electrons. The van der Waals surface area contributed by atoms with E-state index >= 15 is 0 Å². The van der Waals surface area contributed by atoms with E-state index in [0.29, 0.717) is 0 Å². The number of benzene rings is 12. The van der Waals surface area contributed by atoms with Crippen molar-refractivity contribution in [2.75, 3.05) is 4.90 Å². The summed E-state index contributed by atoms with van der Waals surface area (Å²) in [5.74, 6) is 0. The van der Waals surface area contributed by atoms with Crippen LogP contribution in [0.15, 0.2) is 303 Å². The van der Waals surface area contributed by atoms with Crippen molar-refractivity contribution in [3.8, 4) is 61.3 Å². The van der Waals surface area contributed by atoms with Gasteiger partial charge in [0.1, 0.15) is 0 Å².